The summed E-state index contributed by atoms with van der Waals surface area (Å²) >= 11 is 0. The third-order valence-electron chi connectivity index (χ3n) is 5.73. The molecule has 7 nitrogen and oxygen atoms in total. The van der Waals surface area contributed by atoms with E-state index in [4.69, 9.17) is 4.74 Å². The minimum Gasteiger partial charge on any atom is -0.463 e. The number of aliphatic hydroxyl groups is 1. The SMILES string of the molecule is CC(C)C1COC(=O)CCC=CCC(CC(=O)NC2(CO)CCCC2)C(=O)N1. The van der Waals surface area contributed by atoms with Crippen LogP contribution in [0, 0.1) is 11.8 Å². The summed E-state index contributed by atoms with van der Waals surface area (Å²) in [6.07, 6.45) is 8.60. The van der Waals surface area contributed by atoms with Crippen molar-refractivity contribution in [2.24, 2.45) is 11.8 Å². The van der Waals surface area contributed by atoms with Crippen molar-refractivity contribution in [2.45, 2.75) is 76.8 Å². The normalized spacial score (nSPS) is 26.1. The molecule has 1 fully saturated rings. The lowest BCUT2D eigenvalue weighted by atomic mass is 9.94. The summed E-state index contributed by atoms with van der Waals surface area (Å²) < 4.78 is 5.28. The van der Waals surface area contributed by atoms with Gasteiger partial charge < -0.3 is 20.5 Å². The molecular formula is C21H34N2O5. The maximum absolute atomic E-state index is 12.8. The lowest BCUT2D eigenvalue weighted by molar-refractivity contribution is -0.145. The highest BCUT2D eigenvalue weighted by molar-refractivity contribution is 5.86. The fourth-order valence-corrected chi connectivity index (χ4v) is 3.76. The molecule has 2 unspecified atom stereocenters. The molecule has 2 atom stereocenters. The van der Waals surface area contributed by atoms with E-state index in [0.717, 1.165) is 25.7 Å². The van der Waals surface area contributed by atoms with E-state index >= 15 is 0 Å². The summed E-state index contributed by atoms with van der Waals surface area (Å²) in [6, 6.07) is -0.288. The van der Waals surface area contributed by atoms with Crippen molar-refractivity contribution < 1.29 is 24.2 Å². The largest absolute Gasteiger partial charge is 0.463 e. The van der Waals surface area contributed by atoms with Gasteiger partial charge in [0.1, 0.15) is 6.61 Å². The Balaban J connectivity index is 2.05. The van der Waals surface area contributed by atoms with Gasteiger partial charge in [-0.25, -0.2) is 0 Å². The minimum absolute atomic E-state index is 0.0720. The van der Waals surface area contributed by atoms with Crippen molar-refractivity contribution in [3.8, 4) is 0 Å². The van der Waals surface area contributed by atoms with Crippen molar-refractivity contribution in [2.75, 3.05) is 13.2 Å². The molecule has 2 aliphatic rings. The van der Waals surface area contributed by atoms with Gasteiger partial charge in [0.15, 0.2) is 0 Å². The van der Waals surface area contributed by atoms with Crippen molar-refractivity contribution >= 4 is 17.8 Å². The quantitative estimate of drug-likeness (QED) is 0.487. The fraction of sp³-hybridized carbons (Fsp3) is 0.762. The van der Waals surface area contributed by atoms with Gasteiger partial charge in [0, 0.05) is 12.8 Å². The number of rotatable bonds is 5. The molecule has 0 aromatic carbocycles. The number of esters is 1. The van der Waals surface area contributed by atoms with Gasteiger partial charge in [0.2, 0.25) is 11.8 Å². The van der Waals surface area contributed by atoms with E-state index in [0.29, 0.717) is 19.3 Å². The first-order chi connectivity index (χ1) is 13.3. The summed E-state index contributed by atoms with van der Waals surface area (Å²) in [5.41, 5.74) is -0.538. The Kier molecular flexibility index (Phi) is 8.48. The maximum atomic E-state index is 12.8. The molecule has 158 valence electrons. The highest BCUT2D eigenvalue weighted by atomic mass is 16.5. The molecule has 0 spiro atoms. The Hall–Kier alpha value is -1.89. The number of amides is 2. The zero-order chi connectivity index (χ0) is 20.6. The van der Waals surface area contributed by atoms with Gasteiger partial charge in [-0.3, -0.25) is 14.4 Å². The first-order valence-electron chi connectivity index (χ1n) is 10.4. The van der Waals surface area contributed by atoms with E-state index in [1.54, 1.807) is 0 Å². The third-order valence-corrected chi connectivity index (χ3v) is 5.73. The first kappa shape index (κ1) is 22.4. The summed E-state index contributed by atoms with van der Waals surface area (Å²) in [6.45, 7) is 3.98. The van der Waals surface area contributed by atoms with Crippen LogP contribution in [0.4, 0.5) is 0 Å². The molecule has 2 rings (SSSR count). The number of hydrogen-bond donors (Lipinski definition) is 3. The van der Waals surface area contributed by atoms with E-state index in [2.05, 4.69) is 10.6 Å². The molecule has 2 amide bonds. The molecule has 28 heavy (non-hydrogen) atoms. The van der Waals surface area contributed by atoms with Crippen molar-refractivity contribution in [1.29, 1.82) is 0 Å². The Morgan fingerprint density at radius 2 is 2.04 bits per heavy atom. The summed E-state index contributed by atoms with van der Waals surface area (Å²) in [5.74, 6) is -1.08. The highest BCUT2D eigenvalue weighted by Gasteiger charge is 2.35. The van der Waals surface area contributed by atoms with E-state index in [1.165, 1.54) is 0 Å². The van der Waals surface area contributed by atoms with Gasteiger partial charge in [0.05, 0.1) is 24.1 Å². The maximum Gasteiger partial charge on any atom is 0.306 e. The molecule has 0 bridgehead atoms. The van der Waals surface area contributed by atoms with Crippen LogP contribution in [0.2, 0.25) is 0 Å². The second kappa shape index (κ2) is 10.6. The average Bonchev–Trinajstić information content (AvgIpc) is 3.11. The molecule has 3 N–H and O–H groups in total. The number of allylic oxidation sites excluding steroid dienone is 2. The van der Waals surface area contributed by atoms with Gasteiger partial charge >= 0.3 is 5.97 Å². The van der Waals surface area contributed by atoms with E-state index in [1.807, 2.05) is 26.0 Å². The van der Waals surface area contributed by atoms with Crippen LogP contribution in [0.3, 0.4) is 0 Å². The van der Waals surface area contributed by atoms with Gasteiger partial charge in [-0.1, -0.05) is 38.8 Å². The van der Waals surface area contributed by atoms with Gasteiger partial charge in [-0.05, 0) is 31.6 Å². The zero-order valence-electron chi connectivity index (χ0n) is 17.0. The lowest BCUT2D eigenvalue weighted by Crippen LogP contribution is -2.51. The van der Waals surface area contributed by atoms with Gasteiger partial charge in [-0.15, -0.1) is 0 Å². The Bertz CT molecular complexity index is 581. The molecule has 0 saturated heterocycles. The van der Waals surface area contributed by atoms with Gasteiger partial charge in [0.25, 0.3) is 0 Å². The molecule has 1 saturated carbocycles. The van der Waals surface area contributed by atoms with Crippen molar-refractivity contribution in [3.63, 3.8) is 0 Å². The predicted molar refractivity (Wildman–Crippen MR) is 105 cm³/mol. The second-order valence-electron chi connectivity index (χ2n) is 8.38. The molecule has 0 radical (unpaired) electrons. The Labute approximate surface area is 167 Å². The standard InChI is InChI=1S/C21H34N2O5/c1-15(2)17-13-28-19(26)9-5-3-4-8-16(20(27)22-17)12-18(25)23-21(14-24)10-6-7-11-21/h3-4,15-17,24H,5-14H2,1-2H3,(H,22,27)(H,23,25). The van der Waals surface area contributed by atoms with Crippen LogP contribution < -0.4 is 10.6 Å². The molecular weight excluding hydrogens is 360 g/mol. The van der Waals surface area contributed by atoms with Crippen LogP contribution in [-0.4, -0.2) is 47.7 Å². The molecule has 7 heteroatoms. The molecule has 1 aliphatic heterocycles. The monoisotopic (exact) mass is 394 g/mol. The van der Waals surface area contributed by atoms with Crippen molar-refractivity contribution in [1.82, 2.24) is 10.6 Å². The van der Waals surface area contributed by atoms with Crippen LogP contribution >= 0.6 is 0 Å². The van der Waals surface area contributed by atoms with Crippen LogP contribution in [0.25, 0.3) is 0 Å². The summed E-state index contributed by atoms with van der Waals surface area (Å²) in [4.78, 5) is 37.2. The smallest absolute Gasteiger partial charge is 0.306 e. The van der Waals surface area contributed by atoms with Gasteiger partial charge in [-0.2, -0.15) is 0 Å². The minimum atomic E-state index is -0.538. The number of cyclic esters (lactones) is 1. The van der Waals surface area contributed by atoms with Crippen LogP contribution in [0.15, 0.2) is 12.2 Å². The third kappa shape index (κ3) is 6.62. The number of carbonyl (C=O) groups excluding carboxylic acids is 3. The highest BCUT2D eigenvalue weighted by Crippen LogP contribution is 2.29. The molecule has 0 aromatic rings. The lowest BCUT2D eigenvalue weighted by Gasteiger charge is -2.29. The Morgan fingerprint density at radius 1 is 1.32 bits per heavy atom. The summed E-state index contributed by atoms with van der Waals surface area (Å²) in [7, 11) is 0. The van der Waals surface area contributed by atoms with E-state index < -0.39 is 11.5 Å². The van der Waals surface area contributed by atoms with Crippen LogP contribution in [-0.2, 0) is 19.1 Å². The second-order valence-corrected chi connectivity index (χ2v) is 8.38. The van der Waals surface area contributed by atoms with Crippen LogP contribution in [0.1, 0.15) is 65.2 Å². The molecule has 0 aromatic heterocycles. The zero-order valence-corrected chi connectivity index (χ0v) is 17.0. The Morgan fingerprint density at radius 3 is 2.68 bits per heavy atom. The number of nitrogens with one attached hydrogen (secondary N) is 2. The van der Waals surface area contributed by atoms with Crippen molar-refractivity contribution in [3.05, 3.63) is 12.2 Å². The molecule has 1 aliphatic carbocycles. The van der Waals surface area contributed by atoms with Crippen LogP contribution in [0.5, 0.6) is 0 Å². The number of aliphatic hydroxyl groups excluding tert-OH is 1. The summed E-state index contributed by atoms with van der Waals surface area (Å²) in [5, 5.41) is 15.6. The first-order valence-corrected chi connectivity index (χ1v) is 10.4. The average molecular weight is 395 g/mol. The number of ether oxygens (including phenoxy) is 1. The molecule has 1 heterocycles. The topological polar surface area (TPSA) is 105 Å². The fourth-order valence-electron chi connectivity index (χ4n) is 3.76. The van der Waals surface area contributed by atoms with E-state index in [9.17, 15) is 19.5 Å². The number of hydrogen-bond acceptors (Lipinski definition) is 5. The predicted octanol–water partition coefficient (Wildman–Crippen LogP) is 1.84. The number of carbonyl (C=O) groups is 3. The van der Waals surface area contributed by atoms with E-state index in [-0.39, 0.29) is 49.4 Å².